The van der Waals surface area contributed by atoms with Crippen molar-refractivity contribution in [2.45, 2.75) is 5.03 Å². The molecule has 11 heavy (non-hydrogen) atoms. The van der Waals surface area contributed by atoms with E-state index in [1.165, 1.54) is 25.1 Å². The Kier molecular flexibility index (Phi) is 2.53. The van der Waals surface area contributed by atoms with Crippen LogP contribution in [0.1, 0.15) is 10.4 Å². The molecule has 1 heterocycles. The number of H-pyrrole nitrogens is 1. The second kappa shape index (κ2) is 3.43. The Morgan fingerprint density at radius 3 is 3.09 bits per heavy atom. The zero-order valence-electron chi connectivity index (χ0n) is 6.25. The topological polar surface area (TPSA) is 55.0 Å². The van der Waals surface area contributed by atoms with E-state index in [1.807, 2.05) is 6.26 Å². The lowest BCUT2D eigenvalue weighted by Crippen LogP contribution is -2.00. The first-order valence-electron chi connectivity index (χ1n) is 2.95. The van der Waals surface area contributed by atoms with Gasteiger partial charge in [-0.05, 0) is 6.26 Å². The lowest BCUT2D eigenvalue weighted by atomic mass is 10.4. The largest absolute Gasteiger partial charge is 0.465 e. The number of hydrogen-bond acceptors (Lipinski definition) is 4. The zero-order valence-corrected chi connectivity index (χ0v) is 7.07. The maximum absolute atomic E-state index is 11.0. The van der Waals surface area contributed by atoms with Crippen LogP contribution in [0.25, 0.3) is 0 Å². The minimum absolute atomic E-state index is 0.358. The monoisotopic (exact) mass is 172 g/mol. The highest BCUT2D eigenvalue weighted by Crippen LogP contribution is 2.16. The molecule has 0 atom stereocenters. The van der Waals surface area contributed by atoms with Gasteiger partial charge < -0.3 is 4.74 Å². The Morgan fingerprint density at radius 2 is 2.55 bits per heavy atom. The van der Waals surface area contributed by atoms with Gasteiger partial charge in [-0.15, -0.1) is 11.8 Å². The first kappa shape index (κ1) is 8.13. The van der Waals surface area contributed by atoms with Crippen molar-refractivity contribution in [1.29, 1.82) is 0 Å². The quantitative estimate of drug-likeness (QED) is 0.532. The Hall–Kier alpha value is -0.970. The van der Waals surface area contributed by atoms with Crippen molar-refractivity contribution in [1.82, 2.24) is 10.2 Å². The van der Waals surface area contributed by atoms with E-state index in [9.17, 15) is 4.79 Å². The second-order valence-corrected chi connectivity index (χ2v) is 2.63. The maximum atomic E-state index is 11.0. The molecule has 0 aliphatic carbocycles. The van der Waals surface area contributed by atoms with Crippen LogP contribution in [-0.4, -0.2) is 29.5 Å². The molecule has 0 radical (unpaired) electrons. The van der Waals surface area contributed by atoms with Crippen molar-refractivity contribution < 1.29 is 9.53 Å². The van der Waals surface area contributed by atoms with Crippen LogP contribution in [0.4, 0.5) is 0 Å². The molecule has 60 valence electrons. The zero-order chi connectivity index (χ0) is 8.27. The van der Waals surface area contributed by atoms with Gasteiger partial charge in [-0.3, -0.25) is 5.10 Å². The van der Waals surface area contributed by atoms with E-state index in [-0.39, 0.29) is 5.97 Å². The van der Waals surface area contributed by atoms with Gasteiger partial charge in [-0.1, -0.05) is 0 Å². The normalized spacial score (nSPS) is 9.64. The molecule has 0 fully saturated rings. The number of esters is 1. The number of aromatic amines is 1. The summed E-state index contributed by atoms with van der Waals surface area (Å²) in [6.07, 6.45) is 3.32. The number of carbonyl (C=O) groups is 1. The van der Waals surface area contributed by atoms with Crippen LogP contribution >= 0.6 is 11.8 Å². The summed E-state index contributed by atoms with van der Waals surface area (Å²) < 4.78 is 4.52. The van der Waals surface area contributed by atoms with Gasteiger partial charge in [0.05, 0.1) is 13.3 Å². The van der Waals surface area contributed by atoms with Crippen LogP contribution in [0.15, 0.2) is 11.2 Å². The molecule has 0 bridgehead atoms. The summed E-state index contributed by atoms with van der Waals surface area (Å²) in [5.41, 5.74) is 0.486. The number of ether oxygens (including phenoxy) is 1. The molecular formula is C6H8N2O2S. The highest BCUT2D eigenvalue weighted by Gasteiger charge is 2.12. The Labute approximate surface area is 68.3 Å². The van der Waals surface area contributed by atoms with Gasteiger partial charge in [0.15, 0.2) is 0 Å². The van der Waals surface area contributed by atoms with E-state index in [2.05, 4.69) is 14.9 Å². The summed E-state index contributed by atoms with van der Waals surface area (Å²) in [5.74, 6) is -0.358. The Bertz CT molecular complexity index is 259. The van der Waals surface area contributed by atoms with Gasteiger partial charge in [0, 0.05) is 0 Å². The average molecular weight is 172 g/mol. The Balaban J connectivity index is 2.92. The summed E-state index contributed by atoms with van der Waals surface area (Å²) in [7, 11) is 1.35. The van der Waals surface area contributed by atoms with Crippen molar-refractivity contribution in [3.8, 4) is 0 Å². The maximum Gasteiger partial charge on any atom is 0.342 e. The van der Waals surface area contributed by atoms with Gasteiger partial charge in [0.2, 0.25) is 0 Å². The van der Waals surface area contributed by atoms with E-state index in [0.29, 0.717) is 5.56 Å². The number of nitrogens with zero attached hydrogens (tertiary/aromatic N) is 1. The fourth-order valence-electron chi connectivity index (χ4n) is 0.685. The second-order valence-electron chi connectivity index (χ2n) is 1.81. The van der Waals surface area contributed by atoms with Crippen molar-refractivity contribution in [3.63, 3.8) is 0 Å². The van der Waals surface area contributed by atoms with Crippen LogP contribution in [0, 0.1) is 0 Å². The molecule has 5 heteroatoms. The molecular weight excluding hydrogens is 164 g/mol. The molecule has 1 aromatic heterocycles. The molecule has 0 saturated heterocycles. The Morgan fingerprint density at radius 1 is 1.82 bits per heavy atom. The summed E-state index contributed by atoms with van der Waals surface area (Å²) in [6.45, 7) is 0. The SMILES string of the molecule is COC(=O)c1cn[nH]c1SC. The van der Waals surface area contributed by atoms with Crippen molar-refractivity contribution in [3.05, 3.63) is 11.8 Å². The number of hydrogen-bond donors (Lipinski definition) is 1. The molecule has 0 aliphatic heterocycles. The third-order valence-electron chi connectivity index (χ3n) is 1.21. The van der Waals surface area contributed by atoms with Crippen LogP contribution in [-0.2, 0) is 4.74 Å². The number of carbonyl (C=O) groups excluding carboxylic acids is 1. The van der Waals surface area contributed by atoms with E-state index >= 15 is 0 Å². The molecule has 4 nitrogen and oxygen atoms in total. The van der Waals surface area contributed by atoms with Crippen LogP contribution in [0.5, 0.6) is 0 Å². The minimum atomic E-state index is -0.358. The van der Waals surface area contributed by atoms with Crippen molar-refractivity contribution in [2.75, 3.05) is 13.4 Å². The number of aromatic nitrogens is 2. The van der Waals surface area contributed by atoms with Crippen LogP contribution < -0.4 is 0 Å². The molecule has 0 saturated carbocycles. The van der Waals surface area contributed by atoms with E-state index < -0.39 is 0 Å². The summed E-state index contributed by atoms with van der Waals surface area (Å²) in [4.78, 5) is 11.0. The van der Waals surface area contributed by atoms with Crippen molar-refractivity contribution in [2.24, 2.45) is 0 Å². The van der Waals surface area contributed by atoms with Gasteiger partial charge in [-0.2, -0.15) is 5.10 Å². The average Bonchev–Trinajstić information content (AvgIpc) is 2.50. The molecule has 0 aliphatic rings. The highest BCUT2D eigenvalue weighted by molar-refractivity contribution is 7.98. The standard InChI is InChI=1S/C6H8N2O2S/c1-10-6(9)4-3-7-8-5(4)11-2/h3H,1-2H3,(H,7,8). The third kappa shape index (κ3) is 1.54. The van der Waals surface area contributed by atoms with E-state index in [4.69, 9.17) is 0 Å². The third-order valence-corrected chi connectivity index (χ3v) is 1.93. The number of nitrogens with one attached hydrogen (secondary N) is 1. The highest BCUT2D eigenvalue weighted by atomic mass is 32.2. The summed E-state index contributed by atoms with van der Waals surface area (Å²) in [5, 5.41) is 7.13. The smallest absolute Gasteiger partial charge is 0.342 e. The first-order chi connectivity index (χ1) is 5.29. The number of thioether (sulfide) groups is 1. The number of rotatable bonds is 2. The van der Waals surface area contributed by atoms with Gasteiger partial charge in [-0.25, -0.2) is 4.79 Å². The molecule has 1 rings (SSSR count). The number of methoxy groups -OCH3 is 1. The molecule has 0 unspecified atom stereocenters. The lowest BCUT2D eigenvalue weighted by Gasteiger charge is -1.95. The summed E-state index contributed by atoms with van der Waals surface area (Å²) in [6, 6.07) is 0. The molecule has 0 aromatic carbocycles. The van der Waals surface area contributed by atoms with Gasteiger partial charge in [0.1, 0.15) is 10.6 Å². The van der Waals surface area contributed by atoms with Crippen molar-refractivity contribution >= 4 is 17.7 Å². The molecule has 1 N–H and O–H groups in total. The predicted octanol–water partition coefficient (Wildman–Crippen LogP) is 0.918. The van der Waals surface area contributed by atoms with Gasteiger partial charge in [0.25, 0.3) is 0 Å². The molecule has 0 spiro atoms. The fourth-order valence-corrected chi connectivity index (χ4v) is 1.19. The predicted molar refractivity (Wildman–Crippen MR) is 41.7 cm³/mol. The first-order valence-corrected chi connectivity index (χ1v) is 4.17. The van der Waals surface area contributed by atoms with Crippen LogP contribution in [0.2, 0.25) is 0 Å². The molecule has 0 amide bonds. The molecule has 1 aromatic rings. The van der Waals surface area contributed by atoms with E-state index in [0.717, 1.165) is 5.03 Å². The minimum Gasteiger partial charge on any atom is -0.465 e. The van der Waals surface area contributed by atoms with Crippen LogP contribution in [0.3, 0.4) is 0 Å². The lowest BCUT2D eigenvalue weighted by molar-refractivity contribution is 0.0597. The van der Waals surface area contributed by atoms with E-state index in [1.54, 1.807) is 0 Å². The fraction of sp³-hybridized carbons (Fsp3) is 0.333. The van der Waals surface area contributed by atoms with Gasteiger partial charge >= 0.3 is 5.97 Å². The summed E-state index contributed by atoms with van der Waals surface area (Å²) >= 11 is 1.43.